The Balaban J connectivity index is 1.68. The summed E-state index contributed by atoms with van der Waals surface area (Å²) in [5.41, 5.74) is 4.15. The highest BCUT2D eigenvalue weighted by atomic mass is 16.7. The van der Waals surface area contributed by atoms with Crippen LogP contribution in [-0.4, -0.2) is 12.7 Å². The summed E-state index contributed by atoms with van der Waals surface area (Å²) in [6.45, 7) is 4.65. The molecule has 0 aliphatic carbocycles. The van der Waals surface area contributed by atoms with Gasteiger partial charge in [0.2, 0.25) is 6.79 Å². The van der Waals surface area contributed by atoms with Crippen molar-refractivity contribution in [2.24, 2.45) is 0 Å². The topological polar surface area (TPSA) is 83.4 Å². The fourth-order valence-corrected chi connectivity index (χ4v) is 3.05. The Labute approximate surface area is 164 Å². The van der Waals surface area contributed by atoms with Crippen LogP contribution in [0.5, 0.6) is 11.5 Å². The summed E-state index contributed by atoms with van der Waals surface area (Å²) in [5.74, 6) is 0.922. The molecule has 1 heterocycles. The second-order valence-corrected chi connectivity index (χ2v) is 6.34. The number of para-hydroxylation sites is 1. The molecule has 2 aromatic rings. The van der Waals surface area contributed by atoms with E-state index in [0.717, 1.165) is 35.2 Å². The van der Waals surface area contributed by atoms with Crippen LogP contribution in [0.4, 0.5) is 5.69 Å². The predicted octanol–water partition coefficient (Wildman–Crippen LogP) is 3.68. The molecule has 0 radical (unpaired) electrons. The fraction of sp³-hybridized carbons (Fsp3) is 0.273. The second kappa shape index (κ2) is 8.96. The lowest BCUT2D eigenvalue weighted by atomic mass is 10.0. The van der Waals surface area contributed by atoms with Gasteiger partial charge in [-0.15, -0.1) is 0 Å². The zero-order chi connectivity index (χ0) is 19.9. The monoisotopic (exact) mass is 377 g/mol. The maximum absolute atomic E-state index is 12.4. The van der Waals surface area contributed by atoms with E-state index in [1.807, 2.05) is 36.4 Å². The van der Waals surface area contributed by atoms with E-state index in [1.54, 1.807) is 6.07 Å². The van der Waals surface area contributed by atoms with E-state index in [2.05, 4.69) is 24.5 Å². The number of benzene rings is 2. The predicted molar refractivity (Wildman–Crippen MR) is 107 cm³/mol. The zero-order valence-corrected chi connectivity index (χ0v) is 16.0. The third kappa shape index (κ3) is 4.26. The van der Waals surface area contributed by atoms with Crippen molar-refractivity contribution in [1.29, 1.82) is 5.26 Å². The van der Waals surface area contributed by atoms with Crippen molar-refractivity contribution in [2.45, 2.75) is 33.2 Å². The summed E-state index contributed by atoms with van der Waals surface area (Å²) in [7, 11) is 0. The van der Waals surface area contributed by atoms with Gasteiger partial charge in [-0.1, -0.05) is 38.1 Å². The zero-order valence-electron chi connectivity index (χ0n) is 16.0. The summed E-state index contributed by atoms with van der Waals surface area (Å²) in [4.78, 5) is 12.4. The number of anilines is 1. The lowest BCUT2D eigenvalue weighted by molar-refractivity contribution is -0.117. The van der Waals surface area contributed by atoms with Crippen molar-refractivity contribution < 1.29 is 14.3 Å². The van der Waals surface area contributed by atoms with Gasteiger partial charge in [0, 0.05) is 18.4 Å². The first-order valence-corrected chi connectivity index (χ1v) is 9.30. The van der Waals surface area contributed by atoms with E-state index in [9.17, 15) is 10.1 Å². The molecule has 6 heteroatoms. The molecule has 1 aliphatic rings. The summed E-state index contributed by atoms with van der Waals surface area (Å²) < 4.78 is 10.6. The first kappa shape index (κ1) is 19.3. The third-order valence-corrected chi connectivity index (χ3v) is 4.61. The third-order valence-electron chi connectivity index (χ3n) is 4.61. The molecule has 28 heavy (non-hydrogen) atoms. The van der Waals surface area contributed by atoms with E-state index in [-0.39, 0.29) is 12.4 Å². The Kier molecular flexibility index (Phi) is 6.18. The van der Waals surface area contributed by atoms with Gasteiger partial charge in [-0.25, -0.2) is 0 Å². The number of aryl methyl sites for hydroxylation is 2. The fourth-order valence-electron chi connectivity index (χ4n) is 3.05. The van der Waals surface area contributed by atoms with Gasteiger partial charge in [0.05, 0.1) is 0 Å². The maximum atomic E-state index is 12.4. The summed E-state index contributed by atoms with van der Waals surface area (Å²) in [6, 6.07) is 13.6. The van der Waals surface area contributed by atoms with Crippen LogP contribution in [0.3, 0.4) is 0 Å². The van der Waals surface area contributed by atoms with Gasteiger partial charge in [-0.05, 0) is 41.7 Å². The minimum Gasteiger partial charge on any atom is -0.454 e. The molecular weight excluding hydrogens is 354 g/mol. The Morgan fingerprint density at radius 2 is 1.86 bits per heavy atom. The number of rotatable bonds is 7. The SMILES string of the molecule is CCc1cccc(CC)c1N/C=C(/C#N)C(=O)NCc1ccc2c(c1)OCO2. The Morgan fingerprint density at radius 1 is 1.14 bits per heavy atom. The Hall–Kier alpha value is -3.46. The lowest BCUT2D eigenvalue weighted by Gasteiger charge is -2.13. The Bertz CT molecular complexity index is 922. The molecular formula is C22H23N3O3. The quantitative estimate of drug-likeness (QED) is 0.568. The molecule has 0 aromatic heterocycles. The summed E-state index contributed by atoms with van der Waals surface area (Å²) >= 11 is 0. The number of ether oxygens (including phenoxy) is 2. The molecule has 144 valence electrons. The molecule has 0 unspecified atom stereocenters. The molecule has 0 saturated carbocycles. The highest BCUT2D eigenvalue weighted by molar-refractivity contribution is 5.97. The molecule has 6 nitrogen and oxygen atoms in total. The molecule has 3 rings (SSSR count). The van der Waals surface area contributed by atoms with Crippen LogP contribution < -0.4 is 20.1 Å². The van der Waals surface area contributed by atoms with E-state index in [0.29, 0.717) is 18.0 Å². The van der Waals surface area contributed by atoms with E-state index >= 15 is 0 Å². The average Bonchev–Trinajstić information content (AvgIpc) is 3.20. The number of carbonyl (C=O) groups excluding carboxylic acids is 1. The van der Waals surface area contributed by atoms with Crippen LogP contribution in [0.25, 0.3) is 0 Å². The summed E-state index contributed by atoms with van der Waals surface area (Å²) in [5, 5.41) is 15.3. The largest absolute Gasteiger partial charge is 0.454 e. The van der Waals surface area contributed by atoms with Crippen LogP contribution in [0.2, 0.25) is 0 Å². The van der Waals surface area contributed by atoms with Crippen molar-refractivity contribution in [3.63, 3.8) is 0 Å². The molecule has 0 fully saturated rings. The van der Waals surface area contributed by atoms with Crippen molar-refractivity contribution in [3.05, 3.63) is 64.9 Å². The highest BCUT2D eigenvalue weighted by Crippen LogP contribution is 2.32. The number of hydrogen-bond acceptors (Lipinski definition) is 5. The average molecular weight is 377 g/mol. The first-order valence-electron chi connectivity index (χ1n) is 9.30. The standard InChI is InChI=1S/C22H23N3O3/c1-3-16-6-5-7-17(4-2)21(16)24-13-18(11-23)22(26)25-12-15-8-9-19-20(10-15)28-14-27-19/h5-10,13,24H,3-4,12,14H2,1-2H3,(H,25,26)/b18-13-. The molecule has 0 saturated heterocycles. The second-order valence-electron chi connectivity index (χ2n) is 6.34. The molecule has 1 aliphatic heterocycles. The molecule has 0 spiro atoms. The van der Waals surface area contributed by atoms with E-state index < -0.39 is 5.91 Å². The number of nitriles is 1. The normalized spacial score (nSPS) is 12.4. The molecule has 0 bridgehead atoms. The van der Waals surface area contributed by atoms with Gasteiger partial charge >= 0.3 is 0 Å². The minimum absolute atomic E-state index is 0.0219. The highest BCUT2D eigenvalue weighted by Gasteiger charge is 2.14. The van der Waals surface area contributed by atoms with Crippen LogP contribution in [-0.2, 0) is 24.2 Å². The van der Waals surface area contributed by atoms with Crippen LogP contribution in [0.1, 0.15) is 30.5 Å². The van der Waals surface area contributed by atoms with Crippen molar-refractivity contribution >= 4 is 11.6 Å². The molecule has 0 atom stereocenters. The lowest BCUT2D eigenvalue weighted by Crippen LogP contribution is -2.24. The van der Waals surface area contributed by atoms with Gasteiger partial charge < -0.3 is 20.1 Å². The van der Waals surface area contributed by atoms with E-state index in [4.69, 9.17) is 9.47 Å². The molecule has 1 amide bonds. The van der Waals surface area contributed by atoms with Crippen LogP contribution in [0, 0.1) is 11.3 Å². The van der Waals surface area contributed by atoms with Crippen LogP contribution >= 0.6 is 0 Å². The number of nitrogens with one attached hydrogen (secondary N) is 2. The Morgan fingerprint density at radius 3 is 2.54 bits per heavy atom. The molecule has 2 N–H and O–H groups in total. The van der Waals surface area contributed by atoms with Gasteiger partial charge in [-0.2, -0.15) is 5.26 Å². The van der Waals surface area contributed by atoms with Gasteiger partial charge in [-0.3, -0.25) is 4.79 Å². The van der Waals surface area contributed by atoms with Crippen molar-refractivity contribution in [2.75, 3.05) is 12.1 Å². The van der Waals surface area contributed by atoms with Gasteiger partial charge in [0.25, 0.3) is 5.91 Å². The minimum atomic E-state index is -0.431. The smallest absolute Gasteiger partial charge is 0.263 e. The maximum Gasteiger partial charge on any atom is 0.263 e. The molecule has 2 aromatic carbocycles. The number of carbonyl (C=O) groups is 1. The first-order chi connectivity index (χ1) is 13.7. The van der Waals surface area contributed by atoms with Crippen molar-refractivity contribution in [1.82, 2.24) is 5.32 Å². The number of hydrogen-bond donors (Lipinski definition) is 2. The number of amides is 1. The van der Waals surface area contributed by atoms with Crippen molar-refractivity contribution in [3.8, 4) is 17.6 Å². The van der Waals surface area contributed by atoms with Gasteiger partial charge in [0.1, 0.15) is 11.6 Å². The number of nitrogens with zero attached hydrogens (tertiary/aromatic N) is 1. The number of fused-ring (bicyclic) bond motifs is 1. The van der Waals surface area contributed by atoms with E-state index in [1.165, 1.54) is 6.20 Å². The van der Waals surface area contributed by atoms with Crippen LogP contribution in [0.15, 0.2) is 48.2 Å². The summed E-state index contributed by atoms with van der Waals surface area (Å²) in [6.07, 6.45) is 3.20. The van der Waals surface area contributed by atoms with Gasteiger partial charge in [0.15, 0.2) is 11.5 Å².